The van der Waals surface area contributed by atoms with Crippen molar-refractivity contribution in [2.45, 2.75) is 20.3 Å². The predicted molar refractivity (Wildman–Crippen MR) is 69.0 cm³/mol. The van der Waals surface area contributed by atoms with E-state index < -0.39 is 0 Å². The van der Waals surface area contributed by atoms with Gasteiger partial charge in [0, 0.05) is 11.1 Å². The number of hydrogen-bond donors (Lipinski definition) is 0. The van der Waals surface area contributed by atoms with Crippen LogP contribution < -0.4 is 0 Å². The fourth-order valence-electron chi connectivity index (χ4n) is 1.32. The first-order valence-corrected chi connectivity index (χ1v) is 6.89. The number of thiophene rings is 1. The van der Waals surface area contributed by atoms with E-state index in [0.29, 0.717) is 16.3 Å². The second kappa shape index (κ2) is 4.65. The van der Waals surface area contributed by atoms with Crippen molar-refractivity contribution < 1.29 is 4.79 Å². The Kier molecular flexibility index (Phi) is 3.42. The number of nitrogens with zero attached hydrogens (tertiary/aromatic N) is 1. The molecule has 2 rings (SSSR count). The molecule has 2 nitrogen and oxygen atoms in total. The summed E-state index contributed by atoms with van der Waals surface area (Å²) < 4.78 is 0. The van der Waals surface area contributed by atoms with E-state index in [1.807, 2.05) is 24.6 Å². The van der Waals surface area contributed by atoms with Crippen LogP contribution in [0.25, 0.3) is 0 Å². The van der Waals surface area contributed by atoms with Gasteiger partial charge in [0.25, 0.3) is 0 Å². The number of halogens is 1. The van der Waals surface area contributed by atoms with E-state index in [2.05, 4.69) is 4.98 Å². The number of rotatable bonds is 3. The molecule has 0 aliphatic carbocycles. The van der Waals surface area contributed by atoms with Crippen molar-refractivity contribution in [3.63, 3.8) is 0 Å². The lowest BCUT2D eigenvalue weighted by Gasteiger charge is -1.96. The summed E-state index contributed by atoms with van der Waals surface area (Å²) in [5.41, 5.74) is 1.92. The van der Waals surface area contributed by atoms with Crippen LogP contribution in [0.4, 0.5) is 0 Å². The molecule has 0 N–H and O–H groups in total. The maximum Gasteiger partial charge on any atom is 0.181 e. The predicted octanol–water partition coefficient (Wildman–Crippen LogP) is 3.90. The topological polar surface area (TPSA) is 30.0 Å². The summed E-state index contributed by atoms with van der Waals surface area (Å²) in [6.07, 6.45) is 0.345. The van der Waals surface area contributed by atoms with Gasteiger partial charge in [-0.3, -0.25) is 4.79 Å². The Balaban J connectivity index is 2.18. The van der Waals surface area contributed by atoms with E-state index in [1.165, 1.54) is 22.7 Å². The van der Waals surface area contributed by atoms with E-state index in [1.54, 1.807) is 0 Å². The number of hydrogen-bond acceptors (Lipinski definition) is 4. The van der Waals surface area contributed by atoms with Crippen LogP contribution in [0.5, 0.6) is 0 Å². The standard InChI is InChI=1S/C11H10ClNOS2/c1-6-4-16-11(10(6)12)8(14)3-9-13-7(2)5-15-9/h4-5H,3H2,1-2H3. The zero-order valence-electron chi connectivity index (χ0n) is 8.91. The number of thiazole rings is 1. The highest BCUT2D eigenvalue weighted by molar-refractivity contribution is 7.13. The first-order chi connectivity index (χ1) is 7.58. The highest BCUT2D eigenvalue weighted by atomic mass is 35.5. The molecule has 0 aliphatic rings. The number of ketones is 1. The fourth-order valence-corrected chi connectivity index (χ4v) is 3.33. The monoisotopic (exact) mass is 271 g/mol. The van der Waals surface area contributed by atoms with Gasteiger partial charge in [-0.1, -0.05) is 11.6 Å². The number of aromatic nitrogens is 1. The molecule has 84 valence electrons. The minimum Gasteiger partial charge on any atom is -0.293 e. The van der Waals surface area contributed by atoms with Crippen molar-refractivity contribution in [3.8, 4) is 0 Å². The molecule has 16 heavy (non-hydrogen) atoms. The van der Waals surface area contributed by atoms with Gasteiger partial charge in [0.1, 0.15) is 5.01 Å². The van der Waals surface area contributed by atoms with Gasteiger partial charge < -0.3 is 0 Å². The molecule has 2 aromatic heterocycles. The first-order valence-electron chi connectivity index (χ1n) is 4.75. The second-order valence-electron chi connectivity index (χ2n) is 3.54. The van der Waals surface area contributed by atoms with Gasteiger partial charge in [-0.15, -0.1) is 22.7 Å². The van der Waals surface area contributed by atoms with Crippen molar-refractivity contribution in [2.75, 3.05) is 0 Å². The third-order valence-corrected chi connectivity index (χ3v) is 4.84. The number of Topliss-reactive ketones (excluding diaryl/α,β-unsaturated/α-hetero) is 1. The maximum absolute atomic E-state index is 12.0. The van der Waals surface area contributed by atoms with Gasteiger partial charge in [-0.05, 0) is 24.8 Å². The van der Waals surface area contributed by atoms with Crippen molar-refractivity contribution in [1.29, 1.82) is 0 Å². The minimum atomic E-state index is 0.0532. The Morgan fingerprint density at radius 1 is 1.38 bits per heavy atom. The van der Waals surface area contributed by atoms with E-state index in [-0.39, 0.29) is 5.78 Å². The number of aryl methyl sites for hydroxylation is 2. The summed E-state index contributed by atoms with van der Waals surface area (Å²) in [6, 6.07) is 0. The zero-order chi connectivity index (χ0) is 11.7. The molecular formula is C11H10ClNOS2. The quantitative estimate of drug-likeness (QED) is 0.793. The maximum atomic E-state index is 12.0. The normalized spacial score (nSPS) is 10.7. The summed E-state index contributed by atoms with van der Waals surface area (Å²) in [6.45, 7) is 3.83. The average Bonchev–Trinajstić information content (AvgIpc) is 2.76. The van der Waals surface area contributed by atoms with Gasteiger partial charge in [-0.2, -0.15) is 0 Å². The van der Waals surface area contributed by atoms with Crippen LogP contribution in [0.3, 0.4) is 0 Å². The minimum absolute atomic E-state index is 0.0532. The molecule has 2 heterocycles. The average molecular weight is 272 g/mol. The molecular weight excluding hydrogens is 262 g/mol. The number of carbonyl (C=O) groups excluding carboxylic acids is 1. The molecule has 0 atom stereocenters. The Morgan fingerprint density at radius 2 is 2.12 bits per heavy atom. The molecule has 0 amide bonds. The third kappa shape index (κ3) is 2.34. The van der Waals surface area contributed by atoms with Crippen LogP contribution in [-0.2, 0) is 6.42 Å². The lowest BCUT2D eigenvalue weighted by atomic mass is 10.2. The van der Waals surface area contributed by atoms with Crippen LogP contribution in [-0.4, -0.2) is 10.8 Å². The molecule has 0 saturated carbocycles. The van der Waals surface area contributed by atoms with E-state index >= 15 is 0 Å². The van der Waals surface area contributed by atoms with Crippen LogP contribution in [0.15, 0.2) is 10.8 Å². The molecule has 0 aliphatic heterocycles. The Hall–Kier alpha value is -0.710. The zero-order valence-corrected chi connectivity index (χ0v) is 11.3. The van der Waals surface area contributed by atoms with Crippen LogP contribution in [0.2, 0.25) is 5.02 Å². The third-order valence-electron chi connectivity index (χ3n) is 2.13. The first kappa shape index (κ1) is 11.8. The molecule has 0 saturated heterocycles. The van der Waals surface area contributed by atoms with Crippen molar-refractivity contribution in [1.82, 2.24) is 4.98 Å². The molecule has 0 unspecified atom stereocenters. The summed E-state index contributed by atoms with van der Waals surface area (Å²) in [5, 5.41) is 5.29. The highest BCUT2D eigenvalue weighted by Crippen LogP contribution is 2.28. The SMILES string of the molecule is Cc1csc(CC(=O)c2scc(C)c2Cl)n1. The van der Waals surface area contributed by atoms with E-state index in [0.717, 1.165) is 16.3 Å². The van der Waals surface area contributed by atoms with E-state index in [9.17, 15) is 4.79 Å². The smallest absolute Gasteiger partial charge is 0.181 e. The molecule has 0 bridgehead atoms. The van der Waals surface area contributed by atoms with Crippen LogP contribution in [0.1, 0.15) is 25.9 Å². The largest absolute Gasteiger partial charge is 0.293 e. The molecule has 5 heteroatoms. The molecule has 0 aromatic carbocycles. The fraction of sp³-hybridized carbons (Fsp3) is 0.273. The molecule has 2 aromatic rings. The highest BCUT2D eigenvalue weighted by Gasteiger charge is 2.16. The van der Waals surface area contributed by atoms with Gasteiger partial charge >= 0.3 is 0 Å². The molecule has 0 radical (unpaired) electrons. The Morgan fingerprint density at radius 3 is 2.62 bits per heavy atom. The van der Waals surface area contributed by atoms with Gasteiger partial charge in [0.15, 0.2) is 5.78 Å². The Bertz CT molecular complexity index is 530. The van der Waals surface area contributed by atoms with Crippen molar-refractivity contribution in [2.24, 2.45) is 0 Å². The lowest BCUT2D eigenvalue weighted by Crippen LogP contribution is -2.01. The van der Waals surface area contributed by atoms with Gasteiger partial charge in [0.05, 0.1) is 16.3 Å². The number of carbonyl (C=O) groups is 1. The summed E-state index contributed by atoms with van der Waals surface area (Å²) in [4.78, 5) is 16.9. The van der Waals surface area contributed by atoms with Crippen molar-refractivity contribution >= 4 is 40.1 Å². The van der Waals surface area contributed by atoms with Crippen molar-refractivity contribution in [3.05, 3.63) is 36.9 Å². The lowest BCUT2D eigenvalue weighted by molar-refractivity contribution is 0.0997. The van der Waals surface area contributed by atoms with Gasteiger partial charge in [0.2, 0.25) is 0 Å². The van der Waals surface area contributed by atoms with Crippen LogP contribution >= 0.6 is 34.3 Å². The van der Waals surface area contributed by atoms with Gasteiger partial charge in [-0.25, -0.2) is 4.98 Å². The Labute approximate surface area is 107 Å². The molecule has 0 fully saturated rings. The summed E-state index contributed by atoms with van der Waals surface area (Å²) in [5.74, 6) is 0.0532. The second-order valence-corrected chi connectivity index (χ2v) is 5.74. The van der Waals surface area contributed by atoms with Crippen LogP contribution in [0, 0.1) is 13.8 Å². The summed E-state index contributed by atoms with van der Waals surface area (Å²) >= 11 is 8.97. The summed E-state index contributed by atoms with van der Waals surface area (Å²) in [7, 11) is 0. The van der Waals surface area contributed by atoms with E-state index in [4.69, 9.17) is 11.6 Å². The molecule has 0 spiro atoms.